The number of aryl methyl sites for hydroxylation is 1. The lowest BCUT2D eigenvalue weighted by atomic mass is 10.1. The first-order valence-electron chi connectivity index (χ1n) is 4.40. The number of hydrogen-bond acceptors (Lipinski definition) is 3. The fraction of sp³-hybridized carbons (Fsp3) is 0.400. The van der Waals surface area contributed by atoms with Gasteiger partial charge in [-0.05, 0) is 31.4 Å². The van der Waals surface area contributed by atoms with Crippen molar-refractivity contribution in [2.24, 2.45) is 5.84 Å². The Balaban J connectivity index is 2.66. The zero-order valence-corrected chi connectivity index (χ0v) is 7.92. The van der Waals surface area contributed by atoms with E-state index in [2.05, 4.69) is 12.0 Å². The first kappa shape index (κ1) is 10.0. The third-order valence-electron chi connectivity index (χ3n) is 2.08. The Morgan fingerprint density at radius 1 is 1.77 bits per heavy atom. The van der Waals surface area contributed by atoms with Gasteiger partial charge in [-0.1, -0.05) is 6.08 Å². The minimum Gasteiger partial charge on any atom is -0.467 e. The summed E-state index contributed by atoms with van der Waals surface area (Å²) in [6.07, 6.45) is 5.40. The molecule has 1 rings (SSSR count). The van der Waals surface area contributed by atoms with Crippen molar-refractivity contribution in [1.29, 1.82) is 0 Å². The Morgan fingerprint density at radius 2 is 2.54 bits per heavy atom. The second-order valence-corrected chi connectivity index (χ2v) is 3.05. The number of hydrazine groups is 1. The molecule has 0 bridgehead atoms. The third kappa shape index (κ3) is 2.44. The van der Waals surface area contributed by atoms with Crippen molar-refractivity contribution in [2.75, 3.05) is 0 Å². The predicted molar refractivity (Wildman–Crippen MR) is 52.9 cm³/mol. The summed E-state index contributed by atoms with van der Waals surface area (Å²) in [5.41, 5.74) is 3.87. The van der Waals surface area contributed by atoms with Gasteiger partial charge in [-0.15, -0.1) is 6.58 Å². The van der Waals surface area contributed by atoms with Crippen molar-refractivity contribution in [2.45, 2.75) is 25.8 Å². The van der Waals surface area contributed by atoms with Crippen LogP contribution in [0.25, 0.3) is 0 Å². The first-order valence-corrected chi connectivity index (χ1v) is 4.40. The van der Waals surface area contributed by atoms with Gasteiger partial charge in [0.15, 0.2) is 0 Å². The molecule has 1 aromatic heterocycles. The van der Waals surface area contributed by atoms with Crippen LogP contribution in [0.1, 0.15) is 30.2 Å². The molecular formula is C10H16N2O. The van der Waals surface area contributed by atoms with E-state index in [4.69, 9.17) is 10.3 Å². The van der Waals surface area contributed by atoms with Crippen molar-refractivity contribution >= 4 is 0 Å². The molecule has 0 spiro atoms. The van der Waals surface area contributed by atoms with E-state index in [0.717, 1.165) is 24.2 Å². The Hall–Kier alpha value is -1.06. The van der Waals surface area contributed by atoms with Gasteiger partial charge < -0.3 is 4.42 Å². The van der Waals surface area contributed by atoms with Crippen molar-refractivity contribution < 1.29 is 4.42 Å². The zero-order valence-electron chi connectivity index (χ0n) is 7.92. The highest BCUT2D eigenvalue weighted by Crippen LogP contribution is 2.21. The highest BCUT2D eigenvalue weighted by molar-refractivity contribution is 5.18. The molecule has 0 aliphatic carbocycles. The second-order valence-electron chi connectivity index (χ2n) is 3.05. The highest BCUT2D eigenvalue weighted by Gasteiger charge is 2.13. The molecule has 3 N–H and O–H groups in total. The largest absolute Gasteiger partial charge is 0.467 e. The Bertz CT molecular complexity index is 268. The van der Waals surface area contributed by atoms with Gasteiger partial charge in [-0.2, -0.15) is 0 Å². The van der Waals surface area contributed by atoms with Gasteiger partial charge in [0.25, 0.3) is 0 Å². The summed E-state index contributed by atoms with van der Waals surface area (Å²) in [4.78, 5) is 0. The molecule has 0 saturated carbocycles. The fourth-order valence-corrected chi connectivity index (χ4v) is 1.32. The number of allylic oxidation sites excluding steroid dienone is 1. The van der Waals surface area contributed by atoms with Crippen LogP contribution in [-0.4, -0.2) is 0 Å². The van der Waals surface area contributed by atoms with E-state index < -0.39 is 0 Å². The molecular weight excluding hydrogens is 164 g/mol. The summed E-state index contributed by atoms with van der Waals surface area (Å²) in [5, 5.41) is 0. The Morgan fingerprint density at radius 3 is 3.00 bits per heavy atom. The van der Waals surface area contributed by atoms with E-state index in [-0.39, 0.29) is 6.04 Å². The van der Waals surface area contributed by atoms with Crippen LogP contribution >= 0.6 is 0 Å². The molecule has 0 aliphatic heterocycles. The molecule has 0 amide bonds. The number of rotatable bonds is 5. The van der Waals surface area contributed by atoms with Crippen LogP contribution in [0.2, 0.25) is 0 Å². The Kier molecular flexibility index (Phi) is 3.73. The smallest absolute Gasteiger partial charge is 0.124 e. The first-order chi connectivity index (χ1) is 6.29. The van der Waals surface area contributed by atoms with Gasteiger partial charge in [-0.3, -0.25) is 5.84 Å². The lowest BCUT2D eigenvalue weighted by Crippen LogP contribution is -2.28. The van der Waals surface area contributed by atoms with Crippen molar-refractivity contribution in [3.8, 4) is 0 Å². The summed E-state index contributed by atoms with van der Waals surface area (Å²) in [6, 6.07) is 2.03. The summed E-state index contributed by atoms with van der Waals surface area (Å²) in [5.74, 6) is 6.35. The van der Waals surface area contributed by atoms with E-state index in [1.54, 1.807) is 6.26 Å². The Labute approximate surface area is 78.6 Å². The van der Waals surface area contributed by atoms with Crippen molar-refractivity contribution in [3.63, 3.8) is 0 Å². The van der Waals surface area contributed by atoms with Gasteiger partial charge >= 0.3 is 0 Å². The van der Waals surface area contributed by atoms with Crippen molar-refractivity contribution in [1.82, 2.24) is 5.43 Å². The van der Waals surface area contributed by atoms with Gasteiger partial charge in [0.05, 0.1) is 12.3 Å². The van der Waals surface area contributed by atoms with E-state index in [1.807, 2.05) is 19.1 Å². The SMILES string of the molecule is C=CCCC(NN)c1occc1C. The molecule has 1 unspecified atom stereocenters. The number of furan rings is 1. The standard InChI is InChI=1S/C10H16N2O/c1-3-4-5-9(12-11)10-8(2)6-7-13-10/h3,6-7,9,12H,1,4-5,11H2,2H3. The van der Waals surface area contributed by atoms with Crippen LogP contribution in [0.15, 0.2) is 29.4 Å². The molecule has 1 atom stereocenters. The molecule has 0 aliphatic rings. The van der Waals surface area contributed by atoms with E-state index >= 15 is 0 Å². The van der Waals surface area contributed by atoms with Crippen LogP contribution in [0.3, 0.4) is 0 Å². The van der Waals surface area contributed by atoms with Gasteiger partial charge in [0, 0.05) is 0 Å². The minimum absolute atomic E-state index is 0.0907. The van der Waals surface area contributed by atoms with Crippen LogP contribution in [0.5, 0.6) is 0 Å². The zero-order chi connectivity index (χ0) is 9.68. The van der Waals surface area contributed by atoms with E-state index in [9.17, 15) is 0 Å². The summed E-state index contributed by atoms with van der Waals surface area (Å²) in [6.45, 7) is 5.68. The van der Waals surface area contributed by atoms with Crippen LogP contribution in [0, 0.1) is 6.92 Å². The second kappa shape index (κ2) is 4.84. The highest BCUT2D eigenvalue weighted by atomic mass is 16.3. The molecule has 13 heavy (non-hydrogen) atoms. The van der Waals surface area contributed by atoms with Crippen LogP contribution < -0.4 is 11.3 Å². The van der Waals surface area contributed by atoms with Crippen LogP contribution in [0.4, 0.5) is 0 Å². The number of nitrogens with one attached hydrogen (secondary N) is 1. The average Bonchev–Trinajstić information content (AvgIpc) is 2.54. The molecule has 3 heteroatoms. The molecule has 1 heterocycles. The minimum atomic E-state index is 0.0907. The maximum atomic E-state index is 5.43. The molecule has 72 valence electrons. The summed E-state index contributed by atoms with van der Waals surface area (Å²) >= 11 is 0. The number of hydrogen-bond donors (Lipinski definition) is 2. The maximum Gasteiger partial charge on any atom is 0.124 e. The molecule has 3 nitrogen and oxygen atoms in total. The normalized spacial score (nSPS) is 12.8. The molecule has 0 fully saturated rings. The van der Waals surface area contributed by atoms with Gasteiger partial charge in [-0.25, -0.2) is 5.43 Å². The predicted octanol–water partition coefficient (Wildman–Crippen LogP) is 2.06. The summed E-state index contributed by atoms with van der Waals surface area (Å²) < 4.78 is 5.34. The maximum absolute atomic E-state index is 5.43. The van der Waals surface area contributed by atoms with Crippen LogP contribution in [-0.2, 0) is 0 Å². The quantitative estimate of drug-likeness (QED) is 0.414. The molecule has 1 aromatic rings. The van der Waals surface area contributed by atoms with E-state index in [1.165, 1.54) is 0 Å². The lowest BCUT2D eigenvalue weighted by Gasteiger charge is -2.12. The average molecular weight is 180 g/mol. The lowest BCUT2D eigenvalue weighted by molar-refractivity contribution is 0.400. The fourth-order valence-electron chi connectivity index (χ4n) is 1.32. The van der Waals surface area contributed by atoms with Crippen molar-refractivity contribution in [3.05, 3.63) is 36.3 Å². The molecule has 0 saturated heterocycles. The van der Waals surface area contributed by atoms with E-state index in [0.29, 0.717) is 0 Å². The summed E-state index contributed by atoms with van der Waals surface area (Å²) in [7, 11) is 0. The molecule has 0 radical (unpaired) electrons. The number of nitrogens with two attached hydrogens (primary N) is 1. The molecule has 0 aromatic carbocycles. The van der Waals surface area contributed by atoms with Gasteiger partial charge in [0.1, 0.15) is 5.76 Å². The third-order valence-corrected chi connectivity index (χ3v) is 2.08. The monoisotopic (exact) mass is 180 g/mol. The topological polar surface area (TPSA) is 51.2 Å². The van der Waals surface area contributed by atoms with Gasteiger partial charge in [0.2, 0.25) is 0 Å².